The zero-order chi connectivity index (χ0) is 11.4. The third-order valence-corrected chi connectivity index (χ3v) is 2.38. The Kier molecular flexibility index (Phi) is 3.83. The van der Waals surface area contributed by atoms with Crippen LogP contribution >= 0.6 is 0 Å². The summed E-state index contributed by atoms with van der Waals surface area (Å²) in [6.45, 7) is 5.60. The second-order valence-corrected chi connectivity index (χ2v) is 3.46. The van der Waals surface area contributed by atoms with E-state index in [9.17, 15) is 9.18 Å². The molecule has 0 aromatic heterocycles. The quantitative estimate of drug-likeness (QED) is 0.717. The van der Waals surface area contributed by atoms with Crippen molar-refractivity contribution in [2.75, 3.05) is 6.61 Å². The molecule has 3 heteroatoms. The molecule has 0 radical (unpaired) electrons. The zero-order valence-electron chi connectivity index (χ0n) is 9.26. The van der Waals surface area contributed by atoms with Gasteiger partial charge in [-0.2, -0.15) is 0 Å². The molecule has 2 nitrogen and oxygen atoms in total. The van der Waals surface area contributed by atoms with Gasteiger partial charge in [-0.25, -0.2) is 4.39 Å². The number of aryl methyl sites for hydroxylation is 1. The number of carbonyl (C=O) groups excluding carboxylic acids is 1. The van der Waals surface area contributed by atoms with Crippen molar-refractivity contribution in [2.45, 2.75) is 27.2 Å². The van der Waals surface area contributed by atoms with Crippen LogP contribution in [0.3, 0.4) is 0 Å². The van der Waals surface area contributed by atoms with Gasteiger partial charge < -0.3 is 4.74 Å². The molecular formula is C12H15FO2. The first-order chi connectivity index (χ1) is 7.06. The van der Waals surface area contributed by atoms with E-state index in [1.54, 1.807) is 19.9 Å². The van der Waals surface area contributed by atoms with Crippen LogP contribution in [0, 0.1) is 19.7 Å². The summed E-state index contributed by atoms with van der Waals surface area (Å²) in [6, 6.07) is 3.45. The summed E-state index contributed by atoms with van der Waals surface area (Å²) in [7, 11) is 0. The fraction of sp³-hybridized carbons (Fsp3) is 0.417. The highest BCUT2D eigenvalue weighted by molar-refractivity contribution is 5.72. The van der Waals surface area contributed by atoms with E-state index in [0.717, 1.165) is 5.56 Å². The first-order valence-electron chi connectivity index (χ1n) is 4.96. The minimum atomic E-state index is -0.389. The molecule has 0 amide bonds. The van der Waals surface area contributed by atoms with Crippen LogP contribution in [0.15, 0.2) is 12.1 Å². The van der Waals surface area contributed by atoms with Gasteiger partial charge in [0, 0.05) is 0 Å². The third kappa shape index (κ3) is 2.78. The van der Waals surface area contributed by atoms with Crippen LogP contribution in [0.1, 0.15) is 23.6 Å². The van der Waals surface area contributed by atoms with Gasteiger partial charge in [0.25, 0.3) is 0 Å². The van der Waals surface area contributed by atoms with Crippen molar-refractivity contribution in [1.29, 1.82) is 0 Å². The molecule has 0 heterocycles. The Hall–Kier alpha value is -1.38. The number of halogens is 1. The highest BCUT2D eigenvalue weighted by atomic mass is 19.1. The van der Waals surface area contributed by atoms with Gasteiger partial charge in [-0.15, -0.1) is 0 Å². The van der Waals surface area contributed by atoms with E-state index in [-0.39, 0.29) is 18.2 Å². The highest BCUT2D eigenvalue weighted by Gasteiger charge is 2.11. The van der Waals surface area contributed by atoms with Crippen LogP contribution in [0.5, 0.6) is 0 Å². The molecular weight excluding hydrogens is 195 g/mol. The maximum atomic E-state index is 13.7. The van der Waals surface area contributed by atoms with Crippen molar-refractivity contribution in [3.8, 4) is 0 Å². The Morgan fingerprint density at radius 3 is 2.67 bits per heavy atom. The Morgan fingerprint density at radius 2 is 2.07 bits per heavy atom. The summed E-state index contributed by atoms with van der Waals surface area (Å²) in [4.78, 5) is 11.2. The number of ether oxygens (including phenoxy) is 1. The molecule has 1 rings (SSSR count). The maximum Gasteiger partial charge on any atom is 0.310 e. The first kappa shape index (κ1) is 11.7. The van der Waals surface area contributed by atoms with Crippen LogP contribution in [0.2, 0.25) is 0 Å². The first-order valence-corrected chi connectivity index (χ1v) is 4.96. The van der Waals surface area contributed by atoms with E-state index in [0.29, 0.717) is 17.7 Å². The van der Waals surface area contributed by atoms with E-state index >= 15 is 0 Å². The topological polar surface area (TPSA) is 26.3 Å². The lowest BCUT2D eigenvalue weighted by Gasteiger charge is -2.07. The largest absolute Gasteiger partial charge is 0.466 e. The predicted molar refractivity (Wildman–Crippen MR) is 56.2 cm³/mol. The van der Waals surface area contributed by atoms with Crippen LogP contribution < -0.4 is 0 Å². The average Bonchev–Trinajstić information content (AvgIpc) is 2.20. The van der Waals surface area contributed by atoms with Crippen LogP contribution in [0.25, 0.3) is 0 Å². The Morgan fingerprint density at radius 1 is 1.40 bits per heavy atom. The smallest absolute Gasteiger partial charge is 0.310 e. The lowest BCUT2D eigenvalue weighted by molar-refractivity contribution is -0.142. The lowest BCUT2D eigenvalue weighted by Crippen LogP contribution is -2.09. The number of esters is 1. The number of hydrogen-bond donors (Lipinski definition) is 0. The average molecular weight is 210 g/mol. The Balaban J connectivity index is 2.87. The standard InChI is InChI=1S/C12H15FO2/c1-4-15-11(14)7-10-6-5-8(2)9(3)12(10)13/h5-6H,4,7H2,1-3H3. The lowest BCUT2D eigenvalue weighted by atomic mass is 10.0. The fourth-order valence-corrected chi connectivity index (χ4v) is 1.34. The number of carbonyl (C=O) groups is 1. The van der Waals surface area contributed by atoms with Crippen molar-refractivity contribution in [2.24, 2.45) is 0 Å². The summed E-state index contributed by atoms with van der Waals surface area (Å²) in [6.07, 6.45) is 0.000787. The van der Waals surface area contributed by atoms with Gasteiger partial charge in [0.1, 0.15) is 5.82 Å². The van der Waals surface area contributed by atoms with E-state index < -0.39 is 0 Å². The molecule has 0 atom stereocenters. The highest BCUT2D eigenvalue weighted by Crippen LogP contribution is 2.16. The van der Waals surface area contributed by atoms with Crippen molar-refractivity contribution in [3.05, 3.63) is 34.6 Å². The number of hydrogen-bond acceptors (Lipinski definition) is 2. The second-order valence-electron chi connectivity index (χ2n) is 3.46. The van der Waals surface area contributed by atoms with Gasteiger partial charge in [0.2, 0.25) is 0 Å². The van der Waals surface area contributed by atoms with E-state index in [2.05, 4.69) is 0 Å². The van der Waals surface area contributed by atoms with Gasteiger partial charge in [-0.05, 0) is 37.5 Å². The van der Waals surface area contributed by atoms with Gasteiger partial charge >= 0.3 is 5.97 Å². The molecule has 0 aliphatic rings. The molecule has 0 bridgehead atoms. The van der Waals surface area contributed by atoms with Crippen molar-refractivity contribution in [3.63, 3.8) is 0 Å². The van der Waals surface area contributed by atoms with E-state index in [1.807, 2.05) is 13.0 Å². The summed E-state index contributed by atoms with van der Waals surface area (Å²) in [5.41, 5.74) is 1.88. The van der Waals surface area contributed by atoms with Crippen LogP contribution in [-0.2, 0) is 16.0 Å². The van der Waals surface area contributed by atoms with Crippen molar-refractivity contribution >= 4 is 5.97 Å². The van der Waals surface area contributed by atoms with Gasteiger partial charge in [-0.1, -0.05) is 12.1 Å². The zero-order valence-corrected chi connectivity index (χ0v) is 9.26. The predicted octanol–water partition coefficient (Wildman–Crippen LogP) is 2.55. The SMILES string of the molecule is CCOC(=O)Cc1ccc(C)c(C)c1F. The van der Waals surface area contributed by atoms with E-state index in [4.69, 9.17) is 4.74 Å². The summed E-state index contributed by atoms with van der Waals surface area (Å²) in [5, 5.41) is 0. The molecule has 1 aromatic rings. The van der Waals surface area contributed by atoms with Crippen molar-refractivity contribution in [1.82, 2.24) is 0 Å². The van der Waals surface area contributed by atoms with Crippen molar-refractivity contribution < 1.29 is 13.9 Å². The van der Waals surface area contributed by atoms with Gasteiger partial charge in [0.15, 0.2) is 0 Å². The Bertz CT molecular complexity index is 372. The molecule has 1 aromatic carbocycles. The van der Waals surface area contributed by atoms with Gasteiger partial charge in [-0.3, -0.25) is 4.79 Å². The molecule has 15 heavy (non-hydrogen) atoms. The molecule has 0 spiro atoms. The molecule has 0 aliphatic carbocycles. The molecule has 0 saturated heterocycles. The van der Waals surface area contributed by atoms with E-state index in [1.165, 1.54) is 0 Å². The van der Waals surface area contributed by atoms with Crippen LogP contribution in [-0.4, -0.2) is 12.6 Å². The number of benzene rings is 1. The number of rotatable bonds is 3. The minimum absolute atomic E-state index is 0.000787. The molecule has 82 valence electrons. The normalized spacial score (nSPS) is 10.1. The maximum absolute atomic E-state index is 13.7. The fourth-order valence-electron chi connectivity index (χ4n) is 1.34. The van der Waals surface area contributed by atoms with Gasteiger partial charge in [0.05, 0.1) is 13.0 Å². The monoisotopic (exact) mass is 210 g/mol. The Labute approximate surface area is 89.1 Å². The molecule has 0 N–H and O–H groups in total. The molecule has 0 unspecified atom stereocenters. The third-order valence-electron chi connectivity index (χ3n) is 2.38. The molecule has 0 saturated carbocycles. The summed E-state index contributed by atoms with van der Waals surface area (Å²) in [5.74, 6) is -0.692. The minimum Gasteiger partial charge on any atom is -0.466 e. The summed E-state index contributed by atoms with van der Waals surface area (Å²) < 4.78 is 18.4. The summed E-state index contributed by atoms with van der Waals surface area (Å²) >= 11 is 0. The molecule has 0 fully saturated rings. The van der Waals surface area contributed by atoms with Crippen LogP contribution in [0.4, 0.5) is 4.39 Å². The molecule has 0 aliphatic heterocycles. The second kappa shape index (κ2) is 4.91.